The van der Waals surface area contributed by atoms with E-state index in [1.54, 1.807) is 0 Å². The van der Waals surface area contributed by atoms with Crippen LogP contribution in [0, 0.1) is 0 Å². The highest BCUT2D eigenvalue weighted by Crippen LogP contribution is 2.20. The lowest BCUT2D eigenvalue weighted by Crippen LogP contribution is -1.99. The van der Waals surface area contributed by atoms with Gasteiger partial charge in [-0.05, 0) is 12.1 Å². The Kier molecular flexibility index (Phi) is 16.3. The Hall–Kier alpha value is 0.0800. The van der Waals surface area contributed by atoms with Crippen molar-refractivity contribution < 1.29 is 9.47 Å². The largest absolute Gasteiger partial charge is 0.492 e. The minimum absolute atomic E-state index is 0. The van der Waals surface area contributed by atoms with E-state index in [1.807, 2.05) is 42.5 Å². The third kappa shape index (κ3) is 10.1. The molecule has 0 aromatic heterocycles. The summed E-state index contributed by atoms with van der Waals surface area (Å²) >= 11 is 15.8. The molecule has 0 atom stereocenters. The van der Waals surface area contributed by atoms with E-state index in [-0.39, 0.29) is 7.43 Å². The standard InChI is InChI=1S/C9H10Cl2O.C9H10I2O.CH4/c2*10-5-6-12-9-4-2-1-3-8(9)7-11;/h2*1-4H,5-7H2;1H4. The van der Waals surface area contributed by atoms with Crippen LogP contribution in [0.1, 0.15) is 18.6 Å². The average molecular weight is 609 g/mol. The summed E-state index contributed by atoms with van der Waals surface area (Å²) in [6, 6.07) is 15.9. The van der Waals surface area contributed by atoms with Crippen molar-refractivity contribution in [2.45, 2.75) is 17.7 Å². The van der Waals surface area contributed by atoms with Gasteiger partial charge in [-0.2, -0.15) is 0 Å². The van der Waals surface area contributed by atoms with Crippen LogP contribution in [0.2, 0.25) is 0 Å². The van der Waals surface area contributed by atoms with Crippen LogP contribution in [0.15, 0.2) is 48.5 Å². The predicted octanol–water partition coefficient (Wildman–Crippen LogP) is 7.11. The quantitative estimate of drug-likeness (QED) is 0.235. The Morgan fingerprint density at radius 2 is 1.28 bits per heavy atom. The fourth-order valence-electron chi connectivity index (χ4n) is 1.81. The molecule has 0 saturated carbocycles. The lowest BCUT2D eigenvalue weighted by Gasteiger charge is -2.07. The van der Waals surface area contributed by atoms with Gasteiger partial charge in [0.25, 0.3) is 0 Å². The Labute approximate surface area is 188 Å². The normalized spacial score (nSPS) is 9.44. The van der Waals surface area contributed by atoms with E-state index >= 15 is 0 Å². The van der Waals surface area contributed by atoms with E-state index in [0.29, 0.717) is 18.4 Å². The highest BCUT2D eigenvalue weighted by molar-refractivity contribution is 14.1. The zero-order chi connectivity index (χ0) is 17.6. The van der Waals surface area contributed by atoms with Crippen LogP contribution < -0.4 is 9.47 Å². The molecule has 0 unspecified atom stereocenters. The van der Waals surface area contributed by atoms with E-state index in [9.17, 15) is 0 Å². The minimum atomic E-state index is 0. The molecular formula is C19H24Cl2I2O2. The van der Waals surface area contributed by atoms with Crippen molar-refractivity contribution in [1.82, 2.24) is 0 Å². The van der Waals surface area contributed by atoms with Gasteiger partial charge in [-0.1, -0.05) is 89.0 Å². The number of ether oxygens (including phenoxy) is 2. The van der Waals surface area contributed by atoms with Gasteiger partial charge in [0.05, 0.1) is 18.4 Å². The molecule has 25 heavy (non-hydrogen) atoms. The topological polar surface area (TPSA) is 18.5 Å². The fraction of sp³-hybridized carbons (Fsp3) is 0.368. The number of alkyl halides is 4. The van der Waals surface area contributed by atoms with Crippen molar-refractivity contribution in [3.05, 3.63) is 59.7 Å². The van der Waals surface area contributed by atoms with Crippen molar-refractivity contribution in [3.8, 4) is 11.5 Å². The average Bonchev–Trinajstić information content (AvgIpc) is 2.65. The van der Waals surface area contributed by atoms with Crippen LogP contribution in [0.25, 0.3) is 0 Å². The van der Waals surface area contributed by atoms with Crippen molar-refractivity contribution in [1.29, 1.82) is 0 Å². The molecule has 0 radical (unpaired) electrons. The molecule has 2 rings (SSSR count). The molecule has 0 N–H and O–H groups in total. The second kappa shape index (κ2) is 16.3. The van der Waals surface area contributed by atoms with Gasteiger partial charge >= 0.3 is 0 Å². The molecule has 0 aliphatic carbocycles. The molecule has 0 bridgehead atoms. The maximum Gasteiger partial charge on any atom is 0.123 e. The van der Waals surface area contributed by atoms with Gasteiger partial charge in [-0.3, -0.25) is 0 Å². The van der Waals surface area contributed by atoms with Gasteiger partial charge < -0.3 is 9.47 Å². The van der Waals surface area contributed by atoms with Crippen LogP contribution >= 0.6 is 68.4 Å². The molecule has 2 aromatic carbocycles. The van der Waals surface area contributed by atoms with Crippen LogP contribution in [0.4, 0.5) is 0 Å². The SMILES string of the molecule is C.ClCCOc1ccccc1CCl.ICCOc1ccccc1CI. The van der Waals surface area contributed by atoms with E-state index < -0.39 is 0 Å². The van der Waals surface area contributed by atoms with Crippen LogP contribution in [0.3, 0.4) is 0 Å². The number of hydrogen-bond acceptors (Lipinski definition) is 2. The molecule has 140 valence electrons. The second-order valence-corrected chi connectivity index (χ2v) is 7.04. The number of rotatable bonds is 8. The summed E-state index contributed by atoms with van der Waals surface area (Å²) in [4.78, 5) is 0. The zero-order valence-corrected chi connectivity index (χ0v) is 19.0. The summed E-state index contributed by atoms with van der Waals surface area (Å²) in [5.41, 5.74) is 2.28. The first-order chi connectivity index (χ1) is 11.8. The predicted molar refractivity (Wildman–Crippen MR) is 127 cm³/mol. The maximum atomic E-state index is 5.70. The second-order valence-electron chi connectivity index (χ2n) is 4.56. The summed E-state index contributed by atoms with van der Waals surface area (Å²) < 4.78 is 13.0. The molecule has 0 saturated heterocycles. The van der Waals surface area contributed by atoms with Crippen LogP contribution in [-0.4, -0.2) is 23.5 Å². The molecule has 0 aliphatic rings. The van der Waals surface area contributed by atoms with Gasteiger partial charge in [0, 0.05) is 20.0 Å². The number of hydrogen-bond donors (Lipinski definition) is 0. The molecule has 2 nitrogen and oxygen atoms in total. The van der Waals surface area contributed by atoms with Gasteiger partial charge in [0.15, 0.2) is 0 Å². The van der Waals surface area contributed by atoms with Crippen molar-refractivity contribution >= 4 is 68.4 Å². The highest BCUT2D eigenvalue weighted by Gasteiger charge is 2.00. The third-order valence-corrected chi connectivity index (χ3v) is 4.61. The number of para-hydroxylation sites is 2. The molecule has 0 fully saturated rings. The van der Waals surface area contributed by atoms with Crippen molar-refractivity contribution in [2.24, 2.45) is 0 Å². The summed E-state index contributed by atoms with van der Waals surface area (Å²) in [7, 11) is 0. The van der Waals surface area contributed by atoms with Gasteiger partial charge in [-0.15, -0.1) is 23.2 Å². The van der Waals surface area contributed by atoms with Crippen LogP contribution in [-0.2, 0) is 10.3 Å². The summed E-state index contributed by atoms with van der Waals surface area (Å²) in [5, 5.41) is 0. The molecule has 6 heteroatoms. The summed E-state index contributed by atoms with van der Waals surface area (Å²) in [6.45, 7) is 1.32. The van der Waals surface area contributed by atoms with E-state index in [2.05, 4.69) is 51.2 Å². The first kappa shape index (κ1) is 25.1. The Morgan fingerprint density at radius 3 is 1.80 bits per heavy atom. The highest BCUT2D eigenvalue weighted by atomic mass is 127. The molecule has 2 aromatic rings. The lowest BCUT2D eigenvalue weighted by molar-refractivity contribution is 0.340. The molecule has 0 heterocycles. The van der Waals surface area contributed by atoms with Gasteiger partial charge in [0.1, 0.15) is 18.1 Å². The van der Waals surface area contributed by atoms with E-state index in [1.165, 1.54) is 5.56 Å². The van der Waals surface area contributed by atoms with Crippen LogP contribution in [0.5, 0.6) is 11.5 Å². The molecule has 0 amide bonds. The van der Waals surface area contributed by atoms with Crippen molar-refractivity contribution in [3.63, 3.8) is 0 Å². The number of halogens is 4. The Balaban J connectivity index is 0.000000443. The molecular weight excluding hydrogens is 585 g/mol. The maximum absolute atomic E-state index is 5.70. The van der Waals surface area contributed by atoms with Crippen molar-refractivity contribution in [2.75, 3.05) is 23.5 Å². The molecule has 0 aliphatic heterocycles. The third-order valence-electron chi connectivity index (χ3n) is 2.90. The summed E-state index contributed by atoms with van der Waals surface area (Å²) in [6.07, 6.45) is 0. The van der Waals surface area contributed by atoms with E-state index in [4.69, 9.17) is 32.7 Å². The first-order valence-corrected chi connectivity index (χ1v) is 11.5. The molecule has 0 spiro atoms. The monoisotopic (exact) mass is 608 g/mol. The van der Waals surface area contributed by atoms with Gasteiger partial charge in [0.2, 0.25) is 0 Å². The number of benzene rings is 2. The smallest absolute Gasteiger partial charge is 0.123 e. The Morgan fingerprint density at radius 1 is 0.760 bits per heavy atom. The minimum Gasteiger partial charge on any atom is -0.492 e. The fourth-order valence-corrected chi connectivity index (χ4v) is 2.96. The Bertz CT molecular complexity index is 531. The zero-order valence-electron chi connectivity index (χ0n) is 13.2. The first-order valence-electron chi connectivity index (χ1n) is 7.42. The van der Waals surface area contributed by atoms with Gasteiger partial charge in [-0.25, -0.2) is 0 Å². The summed E-state index contributed by atoms with van der Waals surface area (Å²) in [5.74, 6) is 2.83. The van der Waals surface area contributed by atoms with E-state index in [0.717, 1.165) is 32.5 Å². The lowest BCUT2D eigenvalue weighted by atomic mass is 10.2.